The molecule has 0 saturated carbocycles. The van der Waals surface area contributed by atoms with E-state index in [4.69, 9.17) is 13.9 Å². The van der Waals surface area contributed by atoms with Gasteiger partial charge in [-0.1, -0.05) is 24.3 Å². The Balaban J connectivity index is 1.68. The number of benzene rings is 3. The third-order valence-corrected chi connectivity index (χ3v) is 5.10. The van der Waals surface area contributed by atoms with Crippen molar-refractivity contribution in [3.8, 4) is 22.6 Å². The van der Waals surface area contributed by atoms with Crippen LogP contribution in [0.4, 0.5) is 0 Å². The molecule has 4 aromatic rings. The molecule has 0 aliphatic rings. The largest absolute Gasteiger partial charge is 0.496 e. The Morgan fingerprint density at radius 3 is 2.47 bits per heavy atom. The monoisotopic (exact) mass is 400 g/mol. The molecule has 150 valence electrons. The molecule has 3 aromatic carbocycles. The van der Waals surface area contributed by atoms with Crippen LogP contribution in [-0.4, -0.2) is 13.1 Å². The van der Waals surface area contributed by atoms with E-state index in [0.717, 1.165) is 11.1 Å². The summed E-state index contributed by atoms with van der Waals surface area (Å²) in [4.78, 5) is 25.5. The summed E-state index contributed by atoms with van der Waals surface area (Å²) in [5.74, 6) is 0.424. The quantitative estimate of drug-likeness (QED) is 0.343. The van der Waals surface area contributed by atoms with Gasteiger partial charge in [0.25, 0.3) is 0 Å². The number of aryl methyl sites for hydroxylation is 2. The van der Waals surface area contributed by atoms with Crippen LogP contribution in [0.2, 0.25) is 0 Å². The number of carbonyl (C=O) groups is 1. The molecule has 0 radical (unpaired) electrons. The summed E-state index contributed by atoms with van der Waals surface area (Å²) in [5.41, 5.74) is 3.78. The van der Waals surface area contributed by atoms with Crippen LogP contribution < -0.4 is 14.9 Å². The van der Waals surface area contributed by atoms with Crippen molar-refractivity contribution in [2.24, 2.45) is 0 Å². The molecular weight excluding hydrogens is 380 g/mol. The van der Waals surface area contributed by atoms with Gasteiger partial charge in [0.1, 0.15) is 23.3 Å². The SMILES string of the molecule is COc1ccccc1-c1coc2cc(OC(=O)c3ccc(C)c(C)c3)ccc2c1=O. The highest BCUT2D eigenvalue weighted by Gasteiger charge is 2.15. The molecule has 5 nitrogen and oxygen atoms in total. The van der Waals surface area contributed by atoms with E-state index in [1.165, 1.54) is 6.26 Å². The van der Waals surface area contributed by atoms with Crippen molar-refractivity contribution in [1.29, 1.82) is 0 Å². The summed E-state index contributed by atoms with van der Waals surface area (Å²) in [6.45, 7) is 3.92. The van der Waals surface area contributed by atoms with Gasteiger partial charge in [-0.25, -0.2) is 4.79 Å². The standard InChI is InChI=1S/C25H20O5/c1-15-8-9-17(12-16(15)2)25(27)30-18-10-11-20-23(13-18)29-14-21(24(20)26)19-6-4-5-7-22(19)28-3/h4-14H,1-3H3. The molecule has 0 unspecified atom stereocenters. The molecule has 5 heteroatoms. The molecule has 0 saturated heterocycles. The average Bonchev–Trinajstić information content (AvgIpc) is 2.76. The van der Waals surface area contributed by atoms with Gasteiger partial charge in [0.05, 0.1) is 23.6 Å². The molecule has 30 heavy (non-hydrogen) atoms. The topological polar surface area (TPSA) is 65.7 Å². The van der Waals surface area contributed by atoms with Crippen LogP contribution in [-0.2, 0) is 0 Å². The predicted molar refractivity (Wildman–Crippen MR) is 115 cm³/mol. The minimum atomic E-state index is -0.467. The molecule has 0 spiro atoms. The summed E-state index contributed by atoms with van der Waals surface area (Å²) < 4.78 is 16.5. The number of carbonyl (C=O) groups excluding carboxylic acids is 1. The summed E-state index contributed by atoms with van der Waals surface area (Å²) in [5, 5.41) is 0.393. The van der Waals surface area contributed by atoms with Crippen LogP contribution >= 0.6 is 0 Å². The average molecular weight is 400 g/mol. The van der Waals surface area contributed by atoms with E-state index in [1.807, 2.05) is 32.0 Å². The maximum Gasteiger partial charge on any atom is 0.343 e. The summed E-state index contributed by atoms with van der Waals surface area (Å²) in [6.07, 6.45) is 1.40. The highest BCUT2D eigenvalue weighted by Crippen LogP contribution is 2.29. The highest BCUT2D eigenvalue weighted by molar-refractivity contribution is 5.92. The van der Waals surface area contributed by atoms with Gasteiger partial charge in [0.15, 0.2) is 0 Å². The Kier molecular flexibility index (Phi) is 5.11. The molecule has 0 aliphatic heterocycles. The number of rotatable bonds is 4. The lowest BCUT2D eigenvalue weighted by Gasteiger charge is -2.09. The Labute approximate surface area is 173 Å². The van der Waals surface area contributed by atoms with Crippen molar-refractivity contribution >= 4 is 16.9 Å². The fourth-order valence-electron chi connectivity index (χ4n) is 3.26. The lowest BCUT2D eigenvalue weighted by molar-refractivity contribution is 0.0735. The van der Waals surface area contributed by atoms with Gasteiger partial charge in [-0.15, -0.1) is 0 Å². The van der Waals surface area contributed by atoms with Crippen molar-refractivity contribution in [3.63, 3.8) is 0 Å². The predicted octanol–water partition coefficient (Wildman–Crippen LogP) is 5.30. The number of esters is 1. The Hall–Kier alpha value is -3.86. The van der Waals surface area contributed by atoms with Crippen molar-refractivity contribution < 1.29 is 18.7 Å². The Bertz CT molecular complexity index is 1320. The number of fused-ring (bicyclic) bond motifs is 1. The van der Waals surface area contributed by atoms with Crippen molar-refractivity contribution in [2.75, 3.05) is 7.11 Å². The first kappa shape index (κ1) is 19.5. The first-order chi connectivity index (χ1) is 14.5. The summed E-state index contributed by atoms with van der Waals surface area (Å²) in [7, 11) is 1.55. The number of ether oxygens (including phenoxy) is 2. The number of hydrogen-bond donors (Lipinski definition) is 0. The molecule has 0 fully saturated rings. The zero-order valence-electron chi connectivity index (χ0n) is 16.9. The highest BCUT2D eigenvalue weighted by atomic mass is 16.5. The minimum Gasteiger partial charge on any atom is -0.496 e. The Morgan fingerprint density at radius 1 is 0.900 bits per heavy atom. The molecule has 1 aromatic heterocycles. The fourth-order valence-corrected chi connectivity index (χ4v) is 3.26. The number of hydrogen-bond acceptors (Lipinski definition) is 5. The van der Waals surface area contributed by atoms with Gasteiger partial charge in [-0.2, -0.15) is 0 Å². The molecule has 4 rings (SSSR count). The van der Waals surface area contributed by atoms with Crippen LogP contribution in [0.1, 0.15) is 21.5 Å². The molecule has 0 aliphatic carbocycles. The van der Waals surface area contributed by atoms with E-state index >= 15 is 0 Å². The van der Waals surface area contributed by atoms with Crippen molar-refractivity contribution in [1.82, 2.24) is 0 Å². The zero-order valence-corrected chi connectivity index (χ0v) is 16.9. The maximum absolute atomic E-state index is 13.0. The first-order valence-electron chi connectivity index (χ1n) is 9.46. The van der Waals surface area contributed by atoms with Gasteiger partial charge >= 0.3 is 5.97 Å². The van der Waals surface area contributed by atoms with E-state index in [1.54, 1.807) is 49.6 Å². The lowest BCUT2D eigenvalue weighted by Crippen LogP contribution is -2.10. The first-order valence-corrected chi connectivity index (χ1v) is 9.46. The van der Waals surface area contributed by atoms with Crippen LogP contribution in [0.3, 0.4) is 0 Å². The van der Waals surface area contributed by atoms with Crippen LogP contribution in [0.25, 0.3) is 22.1 Å². The van der Waals surface area contributed by atoms with Gasteiger partial charge in [-0.05, 0) is 55.3 Å². The minimum absolute atomic E-state index is 0.187. The molecule has 0 atom stereocenters. The summed E-state index contributed by atoms with van der Waals surface area (Å²) in [6, 6.07) is 17.4. The molecule has 0 N–H and O–H groups in total. The smallest absolute Gasteiger partial charge is 0.343 e. The lowest BCUT2D eigenvalue weighted by atomic mass is 10.0. The molecular formula is C25H20O5. The second kappa shape index (κ2) is 7.87. The third kappa shape index (κ3) is 3.57. The normalized spacial score (nSPS) is 10.8. The van der Waals surface area contributed by atoms with E-state index in [2.05, 4.69) is 0 Å². The molecule has 0 bridgehead atoms. The van der Waals surface area contributed by atoms with Crippen molar-refractivity contribution in [2.45, 2.75) is 13.8 Å². The third-order valence-electron chi connectivity index (χ3n) is 5.10. The summed E-state index contributed by atoms with van der Waals surface area (Å²) >= 11 is 0. The number of methoxy groups -OCH3 is 1. The van der Waals surface area contributed by atoms with Crippen LogP contribution in [0.15, 0.2) is 76.1 Å². The van der Waals surface area contributed by atoms with Gasteiger partial charge in [0.2, 0.25) is 5.43 Å². The Morgan fingerprint density at radius 2 is 1.70 bits per heavy atom. The van der Waals surface area contributed by atoms with Crippen LogP contribution in [0.5, 0.6) is 11.5 Å². The molecule has 0 amide bonds. The molecule has 1 heterocycles. The van der Waals surface area contributed by atoms with Gasteiger partial charge in [-0.3, -0.25) is 4.79 Å². The second-order valence-corrected chi connectivity index (χ2v) is 7.03. The van der Waals surface area contributed by atoms with Gasteiger partial charge in [0, 0.05) is 11.6 Å². The van der Waals surface area contributed by atoms with Crippen LogP contribution in [0, 0.1) is 13.8 Å². The van der Waals surface area contributed by atoms with E-state index in [9.17, 15) is 9.59 Å². The van der Waals surface area contributed by atoms with E-state index < -0.39 is 5.97 Å². The second-order valence-electron chi connectivity index (χ2n) is 7.03. The zero-order chi connectivity index (χ0) is 21.3. The van der Waals surface area contributed by atoms with Crippen molar-refractivity contribution in [3.05, 3.63) is 93.8 Å². The van der Waals surface area contributed by atoms with E-state index in [-0.39, 0.29) is 5.43 Å². The van der Waals surface area contributed by atoms with E-state index in [0.29, 0.717) is 39.2 Å². The number of para-hydroxylation sites is 1. The maximum atomic E-state index is 13.0. The van der Waals surface area contributed by atoms with Gasteiger partial charge < -0.3 is 13.9 Å². The fraction of sp³-hybridized carbons (Fsp3) is 0.120.